The standard InChI is InChI=1S/C15H18FNO4S/c1-9(2)14(15(18)21-4)17-8-10(3)12-7-11(16)5-6-13(12)22(17,19)20/h5-7,9,14H,3,8H2,1-2,4H3/t14-/m0/s1. The van der Waals surface area contributed by atoms with Crippen LogP contribution in [0.3, 0.4) is 0 Å². The molecular formula is C15H18FNO4S. The van der Waals surface area contributed by atoms with E-state index in [2.05, 4.69) is 6.58 Å². The first-order chi connectivity index (χ1) is 10.2. The minimum Gasteiger partial charge on any atom is -0.468 e. The van der Waals surface area contributed by atoms with Crippen molar-refractivity contribution in [3.05, 3.63) is 36.2 Å². The lowest BCUT2D eigenvalue weighted by atomic mass is 10.0. The average molecular weight is 327 g/mol. The fraction of sp³-hybridized carbons (Fsp3) is 0.400. The number of sulfonamides is 1. The van der Waals surface area contributed by atoms with Crippen molar-refractivity contribution in [1.82, 2.24) is 4.31 Å². The first-order valence-corrected chi connectivity index (χ1v) is 8.21. The van der Waals surface area contributed by atoms with Gasteiger partial charge in [0.25, 0.3) is 0 Å². The Hall–Kier alpha value is -1.73. The van der Waals surface area contributed by atoms with Gasteiger partial charge in [0.1, 0.15) is 11.9 Å². The lowest BCUT2D eigenvalue weighted by Crippen LogP contribution is -2.50. The molecule has 5 nitrogen and oxygen atoms in total. The van der Waals surface area contributed by atoms with Crippen LogP contribution in [0.4, 0.5) is 4.39 Å². The van der Waals surface area contributed by atoms with Crippen molar-refractivity contribution in [2.45, 2.75) is 24.8 Å². The third kappa shape index (κ3) is 2.66. The van der Waals surface area contributed by atoms with Gasteiger partial charge in [0.2, 0.25) is 10.0 Å². The number of methoxy groups -OCH3 is 1. The first-order valence-electron chi connectivity index (χ1n) is 6.77. The Morgan fingerprint density at radius 1 is 1.41 bits per heavy atom. The van der Waals surface area contributed by atoms with E-state index in [1.807, 2.05) is 0 Å². The fourth-order valence-electron chi connectivity index (χ4n) is 2.58. The third-order valence-electron chi connectivity index (χ3n) is 3.64. The van der Waals surface area contributed by atoms with Gasteiger partial charge in [-0.3, -0.25) is 4.79 Å². The number of hydrogen-bond donors (Lipinski definition) is 0. The zero-order valence-electron chi connectivity index (χ0n) is 12.7. The van der Waals surface area contributed by atoms with Gasteiger partial charge in [0.15, 0.2) is 0 Å². The SMILES string of the molecule is C=C1CN([C@H](C(=O)OC)C(C)C)S(=O)(=O)c2ccc(F)cc21. The smallest absolute Gasteiger partial charge is 0.324 e. The van der Waals surface area contributed by atoms with Crippen molar-refractivity contribution in [2.75, 3.05) is 13.7 Å². The summed E-state index contributed by atoms with van der Waals surface area (Å²) >= 11 is 0. The number of carbonyl (C=O) groups excluding carboxylic acids is 1. The van der Waals surface area contributed by atoms with Crippen LogP contribution in [-0.2, 0) is 19.6 Å². The molecule has 120 valence electrons. The van der Waals surface area contributed by atoms with Crippen molar-refractivity contribution in [2.24, 2.45) is 5.92 Å². The Labute approximate surface area is 129 Å². The molecule has 7 heteroatoms. The summed E-state index contributed by atoms with van der Waals surface area (Å²) in [6, 6.07) is 2.47. The molecule has 0 amide bonds. The predicted octanol–water partition coefficient (Wildman–Crippen LogP) is 2.04. The Morgan fingerprint density at radius 2 is 2.05 bits per heavy atom. The Balaban J connectivity index is 2.59. The minimum atomic E-state index is -3.93. The molecule has 0 aromatic heterocycles. The largest absolute Gasteiger partial charge is 0.468 e. The van der Waals surface area contributed by atoms with Gasteiger partial charge in [-0.15, -0.1) is 0 Å². The summed E-state index contributed by atoms with van der Waals surface area (Å²) in [4.78, 5) is 12.0. The number of carbonyl (C=O) groups is 1. The zero-order chi connectivity index (χ0) is 16.7. The maximum absolute atomic E-state index is 13.4. The van der Waals surface area contributed by atoms with E-state index in [1.54, 1.807) is 13.8 Å². The number of fused-ring (bicyclic) bond motifs is 1. The molecule has 2 rings (SSSR count). The second-order valence-corrected chi connectivity index (χ2v) is 7.37. The number of benzene rings is 1. The number of hydrogen-bond acceptors (Lipinski definition) is 4. The van der Waals surface area contributed by atoms with E-state index in [1.165, 1.54) is 13.2 Å². The summed E-state index contributed by atoms with van der Waals surface area (Å²) in [5.41, 5.74) is 0.697. The molecule has 1 aromatic carbocycles. The van der Waals surface area contributed by atoms with Crippen molar-refractivity contribution >= 4 is 21.6 Å². The molecule has 0 saturated carbocycles. The quantitative estimate of drug-likeness (QED) is 0.797. The molecule has 22 heavy (non-hydrogen) atoms. The second kappa shape index (κ2) is 5.81. The molecular weight excluding hydrogens is 309 g/mol. The molecule has 0 saturated heterocycles. The van der Waals surface area contributed by atoms with Crippen molar-refractivity contribution < 1.29 is 22.3 Å². The molecule has 1 aromatic rings. The topological polar surface area (TPSA) is 63.7 Å². The second-order valence-electron chi connectivity index (χ2n) is 5.51. The van der Waals surface area contributed by atoms with E-state index in [4.69, 9.17) is 4.74 Å². The van der Waals surface area contributed by atoms with Crippen LogP contribution in [0.25, 0.3) is 5.57 Å². The molecule has 0 radical (unpaired) electrons. The van der Waals surface area contributed by atoms with Crippen molar-refractivity contribution in [1.29, 1.82) is 0 Å². The number of halogens is 1. The van der Waals surface area contributed by atoms with E-state index >= 15 is 0 Å². The number of nitrogens with zero attached hydrogens (tertiary/aromatic N) is 1. The van der Waals surface area contributed by atoms with Crippen LogP contribution in [-0.4, -0.2) is 38.4 Å². The lowest BCUT2D eigenvalue weighted by molar-refractivity contribution is -0.146. The van der Waals surface area contributed by atoms with Gasteiger partial charge in [-0.2, -0.15) is 4.31 Å². The highest BCUT2D eigenvalue weighted by Crippen LogP contribution is 2.35. The average Bonchev–Trinajstić information content (AvgIpc) is 2.44. The van der Waals surface area contributed by atoms with Gasteiger partial charge in [-0.05, 0) is 29.7 Å². The minimum absolute atomic E-state index is 0.0419. The van der Waals surface area contributed by atoms with Gasteiger partial charge in [0.05, 0.1) is 12.0 Å². The molecule has 1 heterocycles. The van der Waals surface area contributed by atoms with E-state index < -0.39 is 27.9 Å². The lowest BCUT2D eigenvalue weighted by Gasteiger charge is -2.35. The van der Waals surface area contributed by atoms with Crippen LogP contribution in [0.5, 0.6) is 0 Å². The molecule has 0 bridgehead atoms. The van der Waals surface area contributed by atoms with E-state index in [0.717, 1.165) is 16.4 Å². The predicted molar refractivity (Wildman–Crippen MR) is 80.0 cm³/mol. The van der Waals surface area contributed by atoms with Crippen LogP contribution < -0.4 is 0 Å². The molecule has 0 N–H and O–H groups in total. The van der Waals surface area contributed by atoms with Crippen LogP contribution >= 0.6 is 0 Å². The zero-order valence-corrected chi connectivity index (χ0v) is 13.5. The van der Waals surface area contributed by atoms with E-state index in [0.29, 0.717) is 5.57 Å². The monoisotopic (exact) mass is 327 g/mol. The Morgan fingerprint density at radius 3 is 2.59 bits per heavy atom. The van der Waals surface area contributed by atoms with Crippen LogP contribution in [0.15, 0.2) is 29.7 Å². The van der Waals surface area contributed by atoms with Gasteiger partial charge in [-0.25, -0.2) is 12.8 Å². The van der Waals surface area contributed by atoms with Crippen LogP contribution in [0.1, 0.15) is 19.4 Å². The first kappa shape index (κ1) is 16.6. The Kier molecular flexibility index (Phi) is 4.39. The normalized spacial score (nSPS) is 18.9. The van der Waals surface area contributed by atoms with Gasteiger partial charge >= 0.3 is 5.97 Å². The Bertz CT molecular complexity index is 727. The van der Waals surface area contributed by atoms with Crippen LogP contribution in [0, 0.1) is 11.7 Å². The van der Waals surface area contributed by atoms with E-state index in [-0.39, 0.29) is 22.9 Å². The summed E-state index contributed by atoms with van der Waals surface area (Å²) in [6.07, 6.45) is 0. The van der Waals surface area contributed by atoms with E-state index in [9.17, 15) is 17.6 Å². The van der Waals surface area contributed by atoms with Crippen LogP contribution in [0.2, 0.25) is 0 Å². The molecule has 0 aliphatic carbocycles. The molecule has 0 spiro atoms. The summed E-state index contributed by atoms with van der Waals surface area (Å²) in [6.45, 7) is 7.21. The van der Waals surface area contributed by atoms with Gasteiger partial charge < -0.3 is 4.74 Å². The third-order valence-corrected chi connectivity index (χ3v) is 5.53. The number of rotatable bonds is 3. The van der Waals surface area contributed by atoms with Crippen molar-refractivity contribution in [3.63, 3.8) is 0 Å². The van der Waals surface area contributed by atoms with Gasteiger partial charge in [0, 0.05) is 12.1 Å². The number of ether oxygens (including phenoxy) is 1. The molecule has 1 atom stereocenters. The molecule has 0 unspecified atom stereocenters. The highest BCUT2D eigenvalue weighted by molar-refractivity contribution is 7.89. The molecule has 1 aliphatic rings. The summed E-state index contributed by atoms with van der Waals surface area (Å²) in [5.74, 6) is -1.44. The summed E-state index contributed by atoms with van der Waals surface area (Å²) < 4.78 is 44.7. The highest BCUT2D eigenvalue weighted by Gasteiger charge is 2.42. The summed E-state index contributed by atoms with van der Waals surface area (Å²) in [5, 5.41) is 0. The molecule has 0 fully saturated rings. The maximum Gasteiger partial charge on any atom is 0.324 e. The molecule has 1 aliphatic heterocycles. The van der Waals surface area contributed by atoms with Gasteiger partial charge in [-0.1, -0.05) is 20.4 Å². The maximum atomic E-state index is 13.4. The summed E-state index contributed by atoms with van der Waals surface area (Å²) in [7, 11) is -2.71. The fourth-order valence-corrected chi connectivity index (χ4v) is 4.51. The number of esters is 1. The highest BCUT2D eigenvalue weighted by atomic mass is 32.2. The van der Waals surface area contributed by atoms with Crippen molar-refractivity contribution in [3.8, 4) is 0 Å².